The summed E-state index contributed by atoms with van der Waals surface area (Å²) in [7, 11) is 0. The second kappa shape index (κ2) is 8.37. The molecule has 3 aromatic rings. The Morgan fingerprint density at radius 2 is 1.89 bits per heavy atom. The largest absolute Gasteiger partial charge is 0.325 e. The average molecular weight is 416 g/mol. The van der Waals surface area contributed by atoms with Crippen LogP contribution in [-0.4, -0.2) is 20.7 Å². The van der Waals surface area contributed by atoms with Crippen molar-refractivity contribution in [2.45, 2.75) is 44.1 Å². The van der Waals surface area contributed by atoms with E-state index in [1.807, 2.05) is 45.0 Å². The Morgan fingerprint density at radius 1 is 1.18 bits per heavy atom. The summed E-state index contributed by atoms with van der Waals surface area (Å²) in [6.07, 6.45) is 0. The van der Waals surface area contributed by atoms with E-state index in [4.69, 9.17) is 11.6 Å². The average Bonchev–Trinajstić information content (AvgIpc) is 2.64. The molecule has 0 saturated heterocycles. The summed E-state index contributed by atoms with van der Waals surface area (Å²) in [6, 6.07) is 12.6. The smallest absolute Gasteiger partial charge is 0.262 e. The number of rotatable bonds is 5. The molecule has 0 spiro atoms. The van der Waals surface area contributed by atoms with Crippen LogP contribution < -0.4 is 10.9 Å². The maximum Gasteiger partial charge on any atom is 0.262 e. The van der Waals surface area contributed by atoms with Crippen molar-refractivity contribution < 1.29 is 4.79 Å². The molecule has 0 unspecified atom stereocenters. The number of halogens is 1. The molecule has 1 aromatic heterocycles. The molecule has 28 heavy (non-hydrogen) atoms. The Bertz CT molecular complexity index is 1090. The van der Waals surface area contributed by atoms with Crippen LogP contribution >= 0.6 is 23.4 Å². The van der Waals surface area contributed by atoms with E-state index in [1.54, 1.807) is 29.7 Å². The predicted molar refractivity (Wildman–Crippen MR) is 117 cm³/mol. The number of carbonyl (C=O) groups excluding carboxylic acids is 1. The van der Waals surface area contributed by atoms with Crippen molar-refractivity contribution in [2.24, 2.45) is 0 Å². The topological polar surface area (TPSA) is 64.0 Å². The number of hydrogen-bond acceptors (Lipinski definition) is 4. The van der Waals surface area contributed by atoms with Crippen molar-refractivity contribution in [1.29, 1.82) is 0 Å². The Balaban J connectivity index is 1.91. The highest BCUT2D eigenvalue weighted by atomic mass is 35.5. The third-order valence-corrected chi connectivity index (χ3v) is 5.70. The van der Waals surface area contributed by atoms with Gasteiger partial charge in [-0.2, -0.15) is 0 Å². The van der Waals surface area contributed by atoms with Crippen LogP contribution in [0.5, 0.6) is 0 Å². The minimum Gasteiger partial charge on any atom is -0.325 e. The highest BCUT2D eigenvalue weighted by molar-refractivity contribution is 8.00. The Labute approximate surface area is 173 Å². The van der Waals surface area contributed by atoms with Crippen LogP contribution in [0.15, 0.2) is 52.4 Å². The van der Waals surface area contributed by atoms with Crippen molar-refractivity contribution in [2.75, 3.05) is 5.32 Å². The number of aromatic nitrogens is 2. The second-order valence-electron chi connectivity index (χ2n) is 6.89. The number of anilines is 1. The highest BCUT2D eigenvalue weighted by Crippen LogP contribution is 2.27. The fourth-order valence-corrected chi connectivity index (χ4v) is 4.05. The molecule has 0 radical (unpaired) electrons. The SMILES string of the molecule is Cc1ccc(Cl)cc1NC(=O)[C@H](C)Sc1nc2ccccc2c(=O)n1C(C)C. The zero-order valence-corrected chi connectivity index (χ0v) is 17.8. The lowest BCUT2D eigenvalue weighted by Gasteiger charge is -2.19. The molecular weight excluding hydrogens is 394 g/mol. The lowest BCUT2D eigenvalue weighted by molar-refractivity contribution is -0.115. The van der Waals surface area contributed by atoms with E-state index in [2.05, 4.69) is 10.3 Å². The van der Waals surface area contributed by atoms with Gasteiger partial charge in [-0.1, -0.05) is 41.6 Å². The molecular formula is C21H22ClN3O2S. The van der Waals surface area contributed by atoms with E-state index in [-0.39, 0.29) is 17.5 Å². The Kier molecular flexibility index (Phi) is 6.10. The zero-order valence-electron chi connectivity index (χ0n) is 16.2. The van der Waals surface area contributed by atoms with Gasteiger partial charge in [-0.25, -0.2) is 4.98 Å². The van der Waals surface area contributed by atoms with Gasteiger partial charge < -0.3 is 5.32 Å². The molecule has 2 aromatic carbocycles. The number of thioether (sulfide) groups is 1. The monoisotopic (exact) mass is 415 g/mol. The minimum absolute atomic E-state index is 0.0717. The van der Waals surface area contributed by atoms with Crippen LogP contribution in [0.2, 0.25) is 5.02 Å². The third kappa shape index (κ3) is 4.23. The normalized spacial score (nSPS) is 12.4. The van der Waals surface area contributed by atoms with Crippen LogP contribution in [0.25, 0.3) is 10.9 Å². The van der Waals surface area contributed by atoms with E-state index in [0.717, 1.165) is 5.56 Å². The molecule has 0 aliphatic rings. The Morgan fingerprint density at radius 3 is 2.61 bits per heavy atom. The summed E-state index contributed by atoms with van der Waals surface area (Å²) >= 11 is 7.31. The summed E-state index contributed by atoms with van der Waals surface area (Å²) in [6.45, 7) is 7.57. The van der Waals surface area contributed by atoms with Crippen LogP contribution in [0.1, 0.15) is 32.4 Å². The van der Waals surface area contributed by atoms with Gasteiger partial charge in [0, 0.05) is 16.8 Å². The van der Waals surface area contributed by atoms with E-state index in [1.165, 1.54) is 11.8 Å². The fraction of sp³-hybridized carbons (Fsp3) is 0.286. The van der Waals surface area contributed by atoms with Gasteiger partial charge in [0.25, 0.3) is 5.56 Å². The number of nitrogens with zero attached hydrogens (tertiary/aromatic N) is 2. The van der Waals surface area contributed by atoms with Gasteiger partial charge in [0.2, 0.25) is 5.91 Å². The number of para-hydroxylation sites is 1. The molecule has 146 valence electrons. The summed E-state index contributed by atoms with van der Waals surface area (Å²) in [5.74, 6) is -0.173. The van der Waals surface area contributed by atoms with Crippen molar-refractivity contribution in [3.05, 3.63) is 63.4 Å². The first-order valence-electron chi connectivity index (χ1n) is 9.03. The van der Waals surface area contributed by atoms with E-state index in [0.29, 0.717) is 26.8 Å². The quantitative estimate of drug-likeness (QED) is 0.467. The van der Waals surface area contributed by atoms with E-state index >= 15 is 0 Å². The standard InChI is InChI=1S/C21H22ClN3O2S/c1-12(2)25-20(27)16-7-5-6-8-17(16)24-21(25)28-14(4)19(26)23-18-11-15(22)10-9-13(18)3/h5-12,14H,1-4H3,(H,23,26)/t14-/m0/s1. The van der Waals surface area contributed by atoms with Crippen LogP contribution in [0, 0.1) is 6.92 Å². The lowest BCUT2D eigenvalue weighted by atomic mass is 10.2. The first kappa shape index (κ1) is 20.4. The minimum atomic E-state index is -0.448. The molecule has 1 N–H and O–H groups in total. The van der Waals surface area contributed by atoms with Crippen LogP contribution in [0.3, 0.4) is 0 Å². The molecule has 0 saturated carbocycles. The Hall–Kier alpha value is -2.31. The number of carbonyl (C=O) groups is 1. The fourth-order valence-electron chi connectivity index (χ4n) is 2.84. The first-order valence-corrected chi connectivity index (χ1v) is 10.3. The first-order chi connectivity index (χ1) is 13.3. The molecule has 7 heteroatoms. The summed E-state index contributed by atoms with van der Waals surface area (Å²) in [5, 5.41) is 4.13. The summed E-state index contributed by atoms with van der Waals surface area (Å²) in [4.78, 5) is 30.3. The maximum atomic E-state index is 12.9. The van der Waals surface area contributed by atoms with Crippen molar-refractivity contribution in [3.8, 4) is 0 Å². The maximum absolute atomic E-state index is 12.9. The molecule has 3 rings (SSSR count). The second-order valence-corrected chi connectivity index (χ2v) is 8.63. The molecule has 0 aliphatic heterocycles. The molecule has 1 amide bonds. The molecule has 0 aliphatic carbocycles. The van der Waals surface area contributed by atoms with Gasteiger partial charge in [0.15, 0.2) is 5.16 Å². The third-order valence-electron chi connectivity index (χ3n) is 4.40. The van der Waals surface area contributed by atoms with Crippen molar-refractivity contribution in [3.63, 3.8) is 0 Å². The van der Waals surface area contributed by atoms with Crippen molar-refractivity contribution in [1.82, 2.24) is 9.55 Å². The molecule has 5 nitrogen and oxygen atoms in total. The summed E-state index contributed by atoms with van der Waals surface area (Å²) < 4.78 is 1.64. The van der Waals surface area contributed by atoms with Crippen LogP contribution in [-0.2, 0) is 4.79 Å². The van der Waals surface area contributed by atoms with Gasteiger partial charge in [-0.05, 0) is 57.5 Å². The molecule has 1 heterocycles. The van der Waals surface area contributed by atoms with Gasteiger partial charge in [-0.3, -0.25) is 14.2 Å². The number of aryl methyl sites for hydroxylation is 1. The molecule has 0 fully saturated rings. The van der Waals surface area contributed by atoms with Gasteiger partial charge in [0.05, 0.1) is 16.2 Å². The van der Waals surface area contributed by atoms with Gasteiger partial charge >= 0.3 is 0 Å². The van der Waals surface area contributed by atoms with Gasteiger partial charge in [-0.15, -0.1) is 0 Å². The van der Waals surface area contributed by atoms with Gasteiger partial charge in [0.1, 0.15) is 0 Å². The number of fused-ring (bicyclic) bond motifs is 1. The van der Waals surface area contributed by atoms with Crippen molar-refractivity contribution >= 4 is 45.9 Å². The zero-order chi connectivity index (χ0) is 20.4. The van der Waals surface area contributed by atoms with E-state index < -0.39 is 5.25 Å². The van der Waals surface area contributed by atoms with Crippen LogP contribution in [0.4, 0.5) is 5.69 Å². The summed E-state index contributed by atoms with van der Waals surface area (Å²) in [5.41, 5.74) is 2.14. The number of benzene rings is 2. The number of hydrogen-bond donors (Lipinski definition) is 1. The predicted octanol–water partition coefficient (Wildman–Crippen LogP) is 5.06. The number of nitrogens with one attached hydrogen (secondary N) is 1. The number of amides is 1. The highest BCUT2D eigenvalue weighted by Gasteiger charge is 2.21. The molecule has 0 bridgehead atoms. The lowest BCUT2D eigenvalue weighted by Crippen LogP contribution is -2.28. The molecule has 1 atom stereocenters. The van der Waals surface area contributed by atoms with E-state index in [9.17, 15) is 9.59 Å².